The molecule has 0 bridgehead atoms. The fourth-order valence-electron chi connectivity index (χ4n) is 1.40. The van der Waals surface area contributed by atoms with Crippen molar-refractivity contribution < 1.29 is 0 Å². The average molecular weight is 360 g/mol. The largest absolute Gasteiger partial charge is 0.294 e. The summed E-state index contributed by atoms with van der Waals surface area (Å²) in [5.41, 5.74) is 5.10. The molecule has 0 spiro atoms. The molecule has 0 saturated heterocycles. The molecule has 3 heteroatoms. The summed E-state index contributed by atoms with van der Waals surface area (Å²) < 4.78 is 0.500. The molecule has 0 atom stereocenters. The van der Waals surface area contributed by atoms with E-state index in [0.717, 1.165) is 27.8 Å². The monoisotopic (exact) mass is 359 g/mol. The molecular weight excluding hydrogens is 345 g/mol. The molecule has 0 saturated carbocycles. The Kier molecular flexibility index (Phi) is 4.95. The van der Waals surface area contributed by atoms with Crippen LogP contribution in [0.3, 0.4) is 0 Å². The lowest BCUT2D eigenvalue weighted by atomic mass is 10.0. The number of nitrogens with one attached hydrogen (secondary N) is 1. The molecule has 0 radical (unpaired) electrons. The summed E-state index contributed by atoms with van der Waals surface area (Å²) in [5.74, 6) is 0. The summed E-state index contributed by atoms with van der Waals surface area (Å²) >= 11 is 8.24. The number of hydrogen-bond donors (Lipinski definition) is 1. The number of allylic oxidation sites excluding steroid dienone is 2. The maximum atomic E-state index is 7.61. The molecular formula is C14H15ClIN. The lowest BCUT2D eigenvalue weighted by Crippen LogP contribution is -1.93. The Hall–Kier alpha value is -0.610. The number of halogens is 2. The van der Waals surface area contributed by atoms with Crippen LogP contribution in [0.2, 0.25) is 5.02 Å². The lowest BCUT2D eigenvalue weighted by Gasteiger charge is -2.08. The highest BCUT2D eigenvalue weighted by molar-refractivity contribution is 14.1. The van der Waals surface area contributed by atoms with E-state index < -0.39 is 0 Å². The van der Waals surface area contributed by atoms with Gasteiger partial charge in [-0.15, -0.1) is 0 Å². The normalized spacial score (nSPS) is 11.5. The van der Waals surface area contributed by atoms with E-state index in [0.29, 0.717) is 8.74 Å². The topological polar surface area (TPSA) is 23.9 Å². The van der Waals surface area contributed by atoms with Crippen molar-refractivity contribution in [2.75, 3.05) is 0 Å². The highest BCUT2D eigenvalue weighted by Crippen LogP contribution is 2.26. The van der Waals surface area contributed by atoms with E-state index in [1.54, 1.807) is 0 Å². The zero-order chi connectivity index (χ0) is 13.2. The number of benzene rings is 1. The molecule has 0 fully saturated rings. The predicted octanol–water partition coefficient (Wildman–Crippen LogP) is 5.39. The van der Waals surface area contributed by atoms with E-state index in [4.69, 9.17) is 17.0 Å². The lowest BCUT2D eigenvalue weighted by molar-refractivity contribution is 1.36. The maximum Gasteiger partial charge on any atom is 0.0992 e. The average Bonchev–Trinajstić information content (AvgIpc) is 2.22. The van der Waals surface area contributed by atoms with Crippen LogP contribution in [-0.2, 0) is 0 Å². The first kappa shape index (κ1) is 14.5. The molecule has 1 aromatic rings. The van der Waals surface area contributed by atoms with Crippen LogP contribution >= 0.6 is 34.2 Å². The van der Waals surface area contributed by atoms with Crippen LogP contribution < -0.4 is 0 Å². The van der Waals surface area contributed by atoms with Crippen molar-refractivity contribution in [3.8, 4) is 0 Å². The van der Waals surface area contributed by atoms with Gasteiger partial charge in [-0.05, 0) is 72.2 Å². The first-order valence-corrected chi connectivity index (χ1v) is 6.67. The van der Waals surface area contributed by atoms with Gasteiger partial charge in [0.2, 0.25) is 0 Å². The Balaban J connectivity index is 3.33. The van der Waals surface area contributed by atoms with Crippen molar-refractivity contribution in [1.29, 1.82) is 5.41 Å². The molecule has 0 aliphatic rings. The third-order valence-electron chi connectivity index (χ3n) is 2.62. The van der Waals surface area contributed by atoms with Gasteiger partial charge in [0.05, 0.1) is 3.72 Å². The predicted molar refractivity (Wildman–Crippen MR) is 85.5 cm³/mol. The fourth-order valence-corrected chi connectivity index (χ4v) is 2.04. The summed E-state index contributed by atoms with van der Waals surface area (Å²) in [4.78, 5) is 0. The van der Waals surface area contributed by atoms with Crippen LogP contribution in [0.25, 0.3) is 6.08 Å². The van der Waals surface area contributed by atoms with Crippen LogP contribution in [0.1, 0.15) is 30.5 Å². The summed E-state index contributed by atoms with van der Waals surface area (Å²) in [7, 11) is 0. The van der Waals surface area contributed by atoms with Crippen molar-refractivity contribution in [2.45, 2.75) is 20.8 Å². The zero-order valence-corrected chi connectivity index (χ0v) is 13.1. The van der Waals surface area contributed by atoms with Gasteiger partial charge in [0.25, 0.3) is 0 Å². The summed E-state index contributed by atoms with van der Waals surface area (Å²) in [5, 5.41) is 8.29. The molecule has 90 valence electrons. The second-order valence-corrected chi connectivity index (χ2v) is 5.60. The van der Waals surface area contributed by atoms with Gasteiger partial charge in [0.1, 0.15) is 0 Å². The van der Waals surface area contributed by atoms with Gasteiger partial charge in [0, 0.05) is 10.6 Å². The van der Waals surface area contributed by atoms with Gasteiger partial charge < -0.3 is 0 Å². The van der Waals surface area contributed by atoms with E-state index in [2.05, 4.69) is 6.58 Å². The number of rotatable bonds is 3. The Bertz CT molecular complexity index is 492. The quantitative estimate of drug-likeness (QED) is 0.425. The molecule has 1 nitrogen and oxygen atoms in total. The van der Waals surface area contributed by atoms with Crippen LogP contribution in [0.15, 0.2) is 29.9 Å². The van der Waals surface area contributed by atoms with Crippen molar-refractivity contribution in [3.05, 3.63) is 51.6 Å². The van der Waals surface area contributed by atoms with Crippen LogP contribution in [0, 0.1) is 12.3 Å². The molecule has 1 rings (SSSR count). The van der Waals surface area contributed by atoms with Gasteiger partial charge in [-0.3, -0.25) is 5.41 Å². The molecule has 0 aromatic heterocycles. The molecule has 0 heterocycles. The minimum atomic E-state index is 0.500. The summed E-state index contributed by atoms with van der Waals surface area (Å²) in [6, 6.07) is 3.82. The summed E-state index contributed by atoms with van der Waals surface area (Å²) in [6.07, 6.45) is 2.04. The molecule has 0 amide bonds. The van der Waals surface area contributed by atoms with E-state index in [-0.39, 0.29) is 0 Å². The minimum Gasteiger partial charge on any atom is -0.294 e. The van der Waals surface area contributed by atoms with E-state index >= 15 is 0 Å². The zero-order valence-electron chi connectivity index (χ0n) is 10.2. The standard InChI is InChI=1S/C14H15ClIN/c1-8(2)9(3)6-12-10(4)5-11(14(16)17)7-13(12)15/h5-7,17H,1H2,2-4H3/b9-6+,17-14?. The van der Waals surface area contributed by atoms with Crippen molar-refractivity contribution in [3.63, 3.8) is 0 Å². The van der Waals surface area contributed by atoms with Crippen LogP contribution in [0.4, 0.5) is 0 Å². The van der Waals surface area contributed by atoms with Crippen molar-refractivity contribution in [1.82, 2.24) is 0 Å². The van der Waals surface area contributed by atoms with Crippen LogP contribution in [-0.4, -0.2) is 3.72 Å². The van der Waals surface area contributed by atoms with Crippen molar-refractivity contribution >= 4 is 44.0 Å². The van der Waals surface area contributed by atoms with Gasteiger partial charge in [0.15, 0.2) is 0 Å². The van der Waals surface area contributed by atoms with Gasteiger partial charge in [-0.2, -0.15) is 0 Å². The molecule has 17 heavy (non-hydrogen) atoms. The van der Waals surface area contributed by atoms with Crippen molar-refractivity contribution in [2.24, 2.45) is 0 Å². The molecule has 1 aromatic carbocycles. The first-order chi connectivity index (χ1) is 7.82. The summed E-state index contributed by atoms with van der Waals surface area (Å²) in [6.45, 7) is 9.91. The molecule has 0 aliphatic heterocycles. The molecule has 0 aliphatic carbocycles. The highest BCUT2D eigenvalue weighted by atomic mass is 127. The Labute approximate surface area is 121 Å². The van der Waals surface area contributed by atoms with E-state index in [9.17, 15) is 0 Å². The minimum absolute atomic E-state index is 0.500. The smallest absolute Gasteiger partial charge is 0.0992 e. The second kappa shape index (κ2) is 5.83. The van der Waals surface area contributed by atoms with Gasteiger partial charge >= 0.3 is 0 Å². The molecule has 1 N–H and O–H groups in total. The first-order valence-electron chi connectivity index (χ1n) is 5.21. The SMILES string of the molecule is C=C(C)/C(C)=C/c1c(C)cc(C(=N)I)cc1Cl. The second-order valence-electron chi connectivity index (χ2n) is 4.11. The number of aryl methyl sites for hydroxylation is 1. The Morgan fingerprint density at radius 1 is 1.41 bits per heavy atom. The Morgan fingerprint density at radius 3 is 2.41 bits per heavy atom. The third-order valence-corrected chi connectivity index (χ3v) is 3.56. The maximum absolute atomic E-state index is 7.61. The molecule has 0 unspecified atom stereocenters. The number of hydrogen-bond acceptors (Lipinski definition) is 1. The van der Waals surface area contributed by atoms with Gasteiger partial charge in [-0.25, -0.2) is 0 Å². The van der Waals surface area contributed by atoms with E-state index in [1.807, 2.05) is 61.6 Å². The Morgan fingerprint density at radius 2 is 2.00 bits per heavy atom. The van der Waals surface area contributed by atoms with Crippen LogP contribution in [0.5, 0.6) is 0 Å². The van der Waals surface area contributed by atoms with E-state index in [1.165, 1.54) is 0 Å². The fraction of sp³-hybridized carbons (Fsp3) is 0.214. The third kappa shape index (κ3) is 3.68. The van der Waals surface area contributed by atoms with Gasteiger partial charge in [-0.1, -0.05) is 29.8 Å². The highest BCUT2D eigenvalue weighted by Gasteiger charge is 2.07.